The number of piperidine rings is 1. The normalized spacial score (nSPS) is 15.8. The molecule has 0 spiro atoms. The standard InChI is InChI=1S/C20H23N3O3S/c1-14(21-19(25)17-8-5-13-27-17)20(26)23-11-9-16(10-12-23)22-18(24)15-6-3-2-4-7-15/h2-8,13-14,16H,9-12H2,1H3,(H,21,25)(H,22,24). The third-order valence-electron chi connectivity index (χ3n) is 4.64. The maximum Gasteiger partial charge on any atom is 0.261 e. The van der Waals surface area contributed by atoms with Gasteiger partial charge in [-0.25, -0.2) is 0 Å². The number of amides is 3. The number of nitrogens with zero attached hydrogens (tertiary/aromatic N) is 1. The van der Waals surface area contributed by atoms with Crippen molar-refractivity contribution in [1.29, 1.82) is 0 Å². The molecular formula is C20H23N3O3S. The second kappa shape index (κ2) is 8.81. The van der Waals surface area contributed by atoms with Gasteiger partial charge in [0.2, 0.25) is 5.91 Å². The average molecular weight is 385 g/mol. The van der Waals surface area contributed by atoms with Gasteiger partial charge in [0.1, 0.15) is 6.04 Å². The first-order valence-electron chi connectivity index (χ1n) is 9.03. The van der Waals surface area contributed by atoms with E-state index in [2.05, 4.69) is 10.6 Å². The summed E-state index contributed by atoms with van der Waals surface area (Å²) in [5.41, 5.74) is 0.640. The molecule has 0 bridgehead atoms. The van der Waals surface area contributed by atoms with Crippen molar-refractivity contribution in [3.63, 3.8) is 0 Å². The third-order valence-corrected chi connectivity index (χ3v) is 5.51. The summed E-state index contributed by atoms with van der Waals surface area (Å²) >= 11 is 1.35. The molecule has 2 N–H and O–H groups in total. The van der Waals surface area contributed by atoms with Crippen LogP contribution in [0.1, 0.15) is 39.8 Å². The van der Waals surface area contributed by atoms with Crippen molar-refractivity contribution in [2.75, 3.05) is 13.1 Å². The van der Waals surface area contributed by atoms with Gasteiger partial charge in [-0.05, 0) is 43.3 Å². The number of hydrogen-bond donors (Lipinski definition) is 2. The average Bonchev–Trinajstić information content (AvgIpc) is 3.23. The van der Waals surface area contributed by atoms with E-state index in [1.54, 1.807) is 36.1 Å². The third kappa shape index (κ3) is 4.95. The fraction of sp³-hybridized carbons (Fsp3) is 0.350. The first-order chi connectivity index (χ1) is 13.0. The Kier molecular flexibility index (Phi) is 6.24. The molecule has 1 aromatic carbocycles. The molecule has 6 nitrogen and oxygen atoms in total. The minimum Gasteiger partial charge on any atom is -0.349 e. The lowest BCUT2D eigenvalue weighted by atomic mass is 10.0. The van der Waals surface area contributed by atoms with Crippen molar-refractivity contribution in [3.8, 4) is 0 Å². The molecule has 2 aromatic rings. The Hall–Kier alpha value is -2.67. The van der Waals surface area contributed by atoms with Gasteiger partial charge in [-0.3, -0.25) is 14.4 Å². The second-order valence-electron chi connectivity index (χ2n) is 6.61. The van der Waals surface area contributed by atoms with Crippen LogP contribution < -0.4 is 10.6 Å². The first kappa shape index (κ1) is 19.1. The summed E-state index contributed by atoms with van der Waals surface area (Å²) in [7, 11) is 0. The summed E-state index contributed by atoms with van der Waals surface area (Å²) in [5, 5.41) is 7.61. The van der Waals surface area contributed by atoms with Gasteiger partial charge in [0.05, 0.1) is 4.88 Å². The molecule has 142 valence electrons. The number of carbonyl (C=O) groups is 3. The number of rotatable bonds is 5. The van der Waals surface area contributed by atoms with Crippen LogP contribution in [-0.2, 0) is 4.79 Å². The lowest BCUT2D eigenvalue weighted by Gasteiger charge is -2.34. The number of likely N-dealkylation sites (tertiary alicyclic amines) is 1. The summed E-state index contributed by atoms with van der Waals surface area (Å²) < 4.78 is 0. The predicted octanol–water partition coefficient (Wildman–Crippen LogP) is 2.29. The molecule has 3 rings (SSSR count). The monoisotopic (exact) mass is 385 g/mol. The molecule has 27 heavy (non-hydrogen) atoms. The minimum atomic E-state index is -0.574. The molecule has 2 heterocycles. The lowest BCUT2D eigenvalue weighted by molar-refractivity contribution is -0.133. The van der Waals surface area contributed by atoms with E-state index in [1.807, 2.05) is 23.6 Å². The van der Waals surface area contributed by atoms with E-state index in [0.717, 1.165) is 0 Å². The molecule has 1 aliphatic rings. The van der Waals surface area contributed by atoms with E-state index in [-0.39, 0.29) is 23.8 Å². The number of carbonyl (C=O) groups excluding carboxylic acids is 3. The smallest absolute Gasteiger partial charge is 0.261 e. The zero-order chi connectivity index (χ0) is 19.2. The largest absolute Gasteiger partial charge is 0.349 e. The Balaban J connectivity index is 1.46. The van der Waals surface area contributed by atoms with Crippen molar-refractivity contribution < 1.29 is 14.4 Å². The topological polar surface area (TPSA) is 78.5 Å². The van der Waals surface area contributed by atoms with Gasteiger partial charge < -0.3 is 15.5 Å². The van der Waals surface area contributed by atoms with Crippen molar-refractivity contribution in [1.82, 2.24) is 15.5 Å². The summed E-state index contributed by atoms with van der Waals surface area (Å²) in [6.07, 6.45) is 1.41. The van der Waals surface area contributed by atoms with Crippen molar-refractivity contribution in [3.05, 3.63) is 58.3 Å². The van der Waals surface area contributed by atoms with Gasteiger partial charge in [0.15, 0.2) is 0 Å². The fourth-order valence-electron chi connectivity index (χ4n) is 3.11. The number of thiophene rings is 1. The van der Waals surface area contributed by atoms with Crippen LogP contribution in [0.2, 0.25) is 0 Å². The van der Waals surface area contributed by atoms with Gasteiger partial charge >= 0.3 is 0 Å². The van der Waals surface area contributed by atoms with Gasteiger partial charge in [0, 0.05) is 24.7 Å². The zero-order valence-electron chi connectivity index (χ0n) is 15.2. The zero-order valence-corrected chi connectivity index (χ0v) is 16.0. The molecule has 0 saturated carbocycles. The van der Waals surface area contributed by atoms with Crippen LogP contribution in [0.4, 0.5) is 0 Å². The fourth-order valence-corrected chi connectivity index (χ4v) is 3.74. The van der Waals surface area contributed by atoms with Gasteiger partial charge in [-0.1, -0.05) is 24.3 Å². The summed E-state index contributed by atoms with van der Waals surface area (Å²) in [6.45, 7) is 2.84. The van der Waals surface area contributed by atoms with Gasteiger partial charge in [0.25, 0.3) is 11.8 Å². The van der Waals surface area contributed by atoms with E-state index in [4.69, 9.17) is 0 Å². The lowest BCUT2D eigenvalue weighted by Crippen LogP contribution is -2.52. The minimum absolute atomic E-state index is 0.0535. The predicted molar refractivity (Wildman–Crippen MR) is 105 cm³/mol. The molecule has 1 unspecified atom stereocenters. The van der Waals surface area contributed by atoms with Crippen LogP contribution in [0.3, 0.4) is 0 Å². The maximum atomic E-state index is 12.6. The summed E-state index contributed by atoms with van der Waals surface area (Å²) in [6, 6.07) is 12.1. The maximum absolute atomic E-state index is 12.6. The Morgan fingerprint density at radius 3 is 2.37 bits per heavy atom. The van der Waals surface area contributed by atoms with E-state index in [0.29, 0.717) is 36.4 Å². The molecule has 1 aromatic heterocycles. The molecule has 1 aliphatic heterocycles. The Bertz CT molecular complexity index is 784. The van der Waals surface area contributed by atoms with Crippen LogP contribution in [0, 0.1) is 0 Å². The van der Waals surface area contributed by atoms with Crippen LogP contribution in [0.25, 0.3) is 0 Å². The van der Waals surface area contributed by atoms with E-state index in [1.165, 1.54) is 11.3 Å². The molecule has 1 fully saturated rings. The van der Waals surface area contributed by atoms with Crippen molar-refractivity contribution in [2.45, 2.75) is 31.8 Å². The van der Waals surface area contributed by atoms with Crippen molar-refractivity contribution in [2.24, 2.45) is 0 Å². The SMILES string of the molecule is CC(NC(=O)c1cccs1)C(=O)N1CCC(NC(=O)c2ccccc2)CC1. The highest BCUT2D eigenvalue weighted by atomic mass is 32.1. The van der Waals surface area contributed by atoms with Crippen LogP contribution in [0.15, 0.2) is 47.8 Å². The molecule has 1 atom stereocenters. The highest BCUT2D eigenvalue weighted by Gasteiger charge is 2.27. The Morgan fingerprint density at radius 2 is 1.74 bits per heavy atom. The molecule has 7 heteroatoms. The van der Waals surface area contributed by atoms with E-state index in [9.17, 15) is 14.4 Å². The van der Waals surface area contributed by atoms with Gasteiger partial charge in [-0.15, -0.1) is 11.3 Å². The number of hydrogen-bond acceptors (Lipinski definition) is 4. The molecule has 0 radical (unpaired) electrons. The Morgan fingerprint density at radius 1 is 1.04 bits per heavy atom. The molecule has 3 amide bonds. The van der Waals surface area contributed by atoms with Gasteiger partial charge in [-0.2, -0.15) is 0 Å². The Labute approximate surface area is 162 Å². The highest BCUT2D eigenvalue weighted by Crippen LogP contribution is 2.13. The quantitative estimate of drug-likeness (QED) is 0.829. The highest BCUT2D eigenvalue weighted by molar-refractivity contribution is 7.12. The van der Waals surface area contributed by atoms with Crippen LogP contribution >= 0.6 is 11.3 Å². The van der Waals surface area contributed by atoms with E-state index < -0.39 is 6.04 Å². The van der Waals surface area contributed by atoms with Crippen LogP contribution in [0.5, 0.6) is 0 Å². The van der Waals surface area contributed by atoms with Crippen molar-refractivity contribution >= 4 is 29.1 Å². The first-order valence-corrected chi connectivity index (χ1v) is 9.91. The molecular weight excluding hydrogens is 362 g/mol. The molecule has 1 saturated heterocycles. The van der Waals surface area contributed by atoms with Crippen LogP contribution in [-0.4, -0.2) is 47.8 Å². The summed E-state index contributed by atoms with van der Waals surface area (Å²) in [5.74, 6) is -0.402. The number of nitrogens with one attached hydrogen (secondary N) is 2. The summed E-state index contributed by atoms with van der Waals surface area (Å²) in [4.78, 5) is 39.3. The molecule has 0 aliphatic carbocycles. The second-order valence-corrected chi connectivity index (χ2v) is 7.56. The number of benzene rings is 1. The van der Waals surface area contributed by atoms with E-state index >= 15 is 0 Å².